The standard InChI is InChI=1S/C12H18N2O6/c1-6-4-7(14(18)19)2-3-8(6)13-12-11(17)10(16)9(5-15)20-12/h2-4,9-18H,5H2,1H3/t9-,10-,11-,12-/m1/s1. The SMILES string of the molecule is Cc1cc([NH+]([O-])O)ccc1N[C@@H]1O[C@H](CO)[C@@H](O)[C@H]1O. The highest BCUT2D eigenvalue weighted by molar-refractivity contribution is 5.55. The lowest BCUT2D eigenvalue weighted by atomic mass is 10.1. The lowest BCUT2D eigenvalue weighted by molar-refractivity contribution is -0.991. The number of quaternary nitrogens is 1. The molecule has 1 aromatic rings. The number of ether oxygens (including phenoxy) is 1. The van der Waals surface area contributed by atoms with Gasteiger partial charge in [0.2, 0.25) is 0 Å². The summed E-state index contributed by atoms with van der Waals surface area (Å²) in [6.07, 6.45) is -4.06. The molecule has 1 aliphatic rings. The van der Waals surface area contributed by atoms with Crippen LogP contribution in [0.25, 0.3) is 0 Å². The first-order valence-electron chi connectivity index (χ1n) is 6.17. The Balaban J connectivity index is 2.11. The molecule has 0 radical (unpaired) electrons. The van der Waals surface area contributed by atoms with Gasteiger partial charge in [0.05, 0.1) is 6.61 Å². The minimum atomic E-state index is -1.18. The van der Waals surface area contributed by atoms with Gasteiger partial charge in [-0.15, -0.1) is 0 Å². The monoisotopic (exact) mass is 286 g/mol. The molecule has 8 heteroatoms. The van der Waals surface area contributed by atoms with Crippen molar-refractivity contribution in [3.05, 3.63) is 29.0 Å². The van der Waals surface area contributed by atoms with Gasteiger partial charge in [-0.2, -0.15) is 5.23 Å². The van der Waals surface area contributed by atoms with E-state index in [-0.39, 0.29) is 5.69 Å². The Labute approximate surface area is 115 Å². The molecule has 1 fully saturated rings. The largest absolute Gasteiger partial charge is 0.595 e. The van der Waals surface area contributed by atoms with Crippen LogP contribution in [0, 0.1) is 12.1 Å². The first kappa shape index (κ1) is 15.1. The molecule has 2 rings (SSSR count). The summed E-state index contributed by atoms with van der Waals surface area (Å²) in [6.45, 7) is 1.32. The number of aryl methyl sites for hydroxylation is 1. The average molecular weight is 286 g/mol. The van der Waals surface area contributed by atoms with Crippen molar-refractivity contribution in [2.45, 2.75) is 31.5 Å². The first-order valence-corrected chi connectivity index (χ1v) is 6.17. The van der Waals surface area contributed by atoms with Crippen molar-refractivity contribution in [1.82, 2.24) is 0 Å². The number of benzene rings is 1. The van der Waals surface area contributed by atoms with E-state index >= 15 is 0 Å². The Morgan fingerprint density at radius 3 is 2.55 bits per heavy atom. The van der Waals surface area contributed by atoms with Crippen molar-refractivity contribution >= 4 is 11.4 Å². The molecule has 6 N–H and O–H groups in total. The van der Waals surface area contributed by atoms with Crippen molar-refractivity contribution in [2.75, 3.05) is 11.9 Å². The Morgan fingerprint density at radius 1 is 1.35 bits per heavy atom. The van der Waals surface area contributed by atoms with Crippen LogP contribution < -0.4 is 10.5 Å². The van der Waals surface area contributed by atoms with Crippen LogP contribution in [-0.2, 0) is 4.74 Å². The van der Waals surface area contributed by atoms with E-state index in [4.69, 9.17) is 15.1 Å². The molecule has 1 heterocycles. The Hall–Kier alpha value is -1.26. The van der Waals surface area contributed by atoms with Crippen LogP contribution in [0.3, 0.4) is 0 Å². The van der Waals surface area contributed by atoms with Crippen LogP contribution in [0.5, 0.6) is 0 Å². The van der Waals surface area contributed by atoms with Crippen LogP contribution >= 0.6 is 0 Å². The minimum Gasteiger partial charge on any atom is -0.595 e. The van der Waals surface area contributed by atoms with E-state index in [1.165, 1.54) is 12.1 Å². The molecule has 0 saturated carbocycles. The predicted octanol–water partition coefficient (Wildman–Crippen LogP) is -1.75. The number of hydrogen-bond acceptors (Lipinski definition) is 7. The van der Waals surface area contributed by atoms with Crippen LogP contribution in [0.15, 0.2) is 18.2 Å². The molecular weight excluding hydrogens is 268 g/mol. The topological polar surface area (TPSA) is 130 Å². The van der Waals surface area contributed by atoms with Gasteiger partial charge >= 0.3 is 0 Å². The van der Waals surface area contributed by atoms with E-state index in [0.717, 1.165) is 0 Å². The van der Waals surface area contributed by atoms with Gasteiger partial charge in [-0.05, 0) is 18.6 Å². The number of rotatable bonds is 4. The molecule has 1 aliphatic heterocycles. The zero-order valence-electron chi connectivity index (χ0n) is 10.9. The molecule has 1 aromatic carbocycles. The highest BCUT2D eigenvalue weighted by Crippen LogP contribution is 2.25. The van der Waals surface area contributed by atoms with Gasteiger partial charge < -0.3 is 30.6 Å². The van der Waals surface area contributed by atoms with Gasteiger partial charge in [-0.3, -0.25) is 0 Å². The molecule has 0 bridgehead atoms. The molecule has 112 valence electrons. The highest BCUT2D eigenvalue weighted by Gasteiger charge is 2.42. The van der Waals surface area contributed by atoms with Gasteiger partial charge in [0.25, 0.3) is 0 Å². The van der Waals surface area contributed by atoms with E-state index in [2.05, 4.69) is 5.32 Å². The van der Waals surface area contributed by atoms with E-state index in [0.29, 0.717) is 11.3 Å². The van der Waals surface area contributed by atoms with Crippen LogP contribution in [-0.4, -0.2) is 51.7 Å². The molecule has 0 aliphatic carbocycles. The second-order valence-corrected chi connectivity index (χ2v) is 4.74. The molecule has 5 atom stereocenters. The number of anilines is 1. The van der Waals surface area contributed by atoms with Gasteiger partial charge in [0.1, 0.15) is 18.3 Å². The fraction of sp³-hybridized carbons (Fsp3) is 0.500. The molecule has 20 heavy (non-hydrogen) atoms. The lowest BCUT2D eigenvalue weighted by Gasteiger charge is -2.20. The van der Waals surface area contributed by atoms with Crippen molar-refractivity contribution in [2.24, 2.45) is 0 Å². The fourth-order valence-corrected chi connectivity index (χ4v) is 2.13. The first-order chi connectivity index (χ1) is 9.43. The van der Waals surface area contributed by atoms with Crippen molar-refractivity contribution in [3.8, 4) is 0 Å². The molecule has 0 amide bonds. The Morgan fingerprint density at radius 2 is 2.05 bits per heavy atom. The number of hydrogen-bond donors (Lipinski definition) is 6. The second-order valence-electron chi connectivity index (χ2n) is 4.74. The zero-order valence-corrected chi connectivity index (χ0v) is 10.9. The number of aliphatic hydroxyl groups excluding tert-OH is 3. The maximum absolute atomic E-state index is 10.8. The summed E-state index contributed by atoms with van der Waals surface area (Å²) in [7, 11) is 0. The quantitative estimate of drug-likeness (QED) is 0.362. The van der Waals surface area contributed by atoms with Crippen molar-refractivity contribution < 1.29 is 30.5 Å². The minimum absolute atomic E-state index is 0.161. The van der Waals surface area contributed by atoms with E-state index < -0.39 is 36.4 Å². The average Bonchev–Trinajstić information content (AvgIpc) is 2.68. The summed E-state index contributed by atoms with van der Waals surface area (Å²) in [6, 6.07) is 4.48. The van der Waals surface area contributed by atoms with Crippen molar-refractivity contribution in [1.29, 1.82) is 0 Å². The Kier molecular flexibility index (Phi) is 4.55. The summed E-state index contributed by atoms with van der Waals surface area (Å²) in [5, 5.41) is 50.0. The van der Waals surface area contributed by atoms with E-state index in [1.807, 2.05) is 0 Å². The lowest BCUT2D eigenvalue weighted by Crippen LogP contribution is -2.99. The summed E-state index contributed by atoms with van der Waals surface area (Å²) in [5.74, 6) is 0. The maximum atomic E-state index is 10.8. The zero-order chi connectivity index (χ0) is 14.9. The maximum Gasteiger partial charge on any atom is 0.164 e. The second kappa shape index (κ2) is 6.02. The van der Waals surface area contributed by atoms with Gasteiger partial charge in [0.15, 0.2) is 11.9 Å². The van der Waals surface area contributed by atoms with Crippen LogP contribution in [0.2, 0.25) is 0 Å². The summed E-state index contributed by atoms with van der Waals surface area (Å²) in [5.41, 5.74) is 1.42. The summed E-state index contributed by atoms with van der Waals surface area (Å²) >= 11 is 0. The molecule has 0 spiro atoms. The summed E-state index contributed by atoms with van der Waals surface area (Å²) in [4.78, 5) is 0. The molecule has 1 saturated heterocycles. The van der Waals surface area contributed by atoms with Crippen molar-refractivity contribution in [3.63, 3.8) is 0 Å². The Bertz CT molecular complexity index is 469. The molecule has 8 nitrogen and oxygen atoms in total. The smallest absolute Gasteiger partial charge is 0.164 e. The summed E-state index contributed by atoms with van der Waals surface area (Å²) < 4.78 is 5.29. The molecule has 0 aromatic heterocycles. The third-order valence-corrected chi connectivity index (χ3v) is 3.31. The third-order valence-electron chi connectivity index (χ3n) is 3.31. The predicted molar refractivity (Wildman–Crippen MR) is 68.3 cm³/mol. The van der Waals surface area contributed by atoms with E-state index in [1.54, 1.807) is 13.0 Å². The van der Waals surface area contributed by atoms with Gasteiger partial charge in [-0.25, -0.2) is 5.21 Å². The van der Waals surface area contributed by atoms with Gasteiger partial charge in [-0.1, -0.05) is 0 Å². The van der Waals surface area contributed by atoms with Gasteiger partial charge in [0, 0.05) is 17.8 Å². The van der Waals surface area contributed by atoms with E-state index in [9.17, 15) is 15.4 Å². The number of nitrogens with one attached hydrogen (secondary N) is 2. The van der Waals surface area contributed by atoms with Crippen LogP contribution in [0.4, 0.5) is 11.4 Å². The molecule has 1 unspecified atom stereocenters. The third kappa shape index (κ3) is 2.91. The van der Waals surface area contributed by atoms with Crippen LogP contribution in [0.1, 0.15) is 5.56 Å². The highest BCUT2D eigenvalue weighted by atomic mass is 16.8. The molecular formula is C12H18N2O6. The normalized spacial score (nSPS) is 31.3. The fourth-order valence-electron chi connectivity index (χ4n) is 2.13. The number of aliphatic hydroxyl groups is 3.